The van der Waals surface area contributed by atoms with Crippen molar-refractivity contribution in [2.75, 3.05) is 0 Å². The van der Waals surface area contributed by atoms with Crippen molar-refractivity contribution in [1.82, 2.24) is 4.98 Å². The van der Waals surface area contributed by atoms with Crippen molar-refractivity contribution in [3.05, 3.63) is 52.2 Å². The molecule has 7 atom stereocenters. The van der Waals surface area contributed by atoms with Crippen molar-refractivity contribution < 1.29 is 24.5 Å². The average molecular weight is 586 g/mol. The fourth-order valence-electron chi connectivity index (χ4n) is 10.9. The summed E-state index contributed by atoms with van der Waals surface area (Å²) in [7, 11) is 0. The smallest absolute Gasteiger partial charge is 0.187 e. The van der Waals surface area contributed by atoms with Gasteiger partial charge in [0.1, 0.15) is 6.10 Å². The van der Waals surface area contributed by atoms with E-state index in [9.17, 15) is 15.0 Å². The second-order valence-electron chi connectivity index (χ2n) is 16.7. The minimum absolute atomic E-state index is 0.228. The molecule has 6 heteroatoms. The number of carbonyl (C=O) groups excluding carboxylic acids is 1. The topological polar surface area (TPSA) is 91.8 Å². The number of fused-ring (bicyclic) bond motifs is 12. The van der Waals surface area contributed by atoms with Crippen LogP contribution in [0.2, 0.25) is 0 Å². The van der Waals surface area contributed by atoms with Crippen LogP contribution in [0.25, 0.3) is 16.5 Å². The van der Waals surface area contributed by atoms with E-state index in [1.165, 1.54) is 38.9 Å². The Labute approximate surface area is 254 Å². The van der Waals surface area contributed by atoms with E-state index in [0.29, 0.717) is 18.3 Å². The van der Waals surface area contributed by atoms with Crippen LogP contribution in [0.15, 0.2) is 29.9 Å². The molecule has 0 saturated heterocycles. The maximum Gasteiger partial charge on any atom is 0.187 e. The molecular formula is C37H47NO5. The van der Waals surface area contributed by atoms with E-state index in [-0.39, 0.29) is 28.5 Å². The minimum Gasteiger partial charge on any atom is -0.387 e. The normalized spacial score (nSPS) is 40.6. The molecule has 8 rings (SSSR count). The van der Waals surface area contributed by atoms with Gasteiger partial charge in [-0.3, -0.25) is 4.79 Å². The van der Waals surface area contributed by atoms with Gasteiger partial charge in [0.25, 0.3) is 0 Å². The van der Waals surface area contributed by atoms with Crippen molar-refractivity contribution >= 4 is 22.3 Å². The summed E-state index contributed by atoms with van der Waals surface area (Å²) in [5.74, 6) is 0.517. The second-order valence-corrected chi connectivity index (χ2v) is 16.7. The molecule has 6 nitrogen and oxygen atoms in total. The molecule has 0 radical (unpaired) electrons. The number of nitrogens with one attached hydrogen (secondary N) is 1. The lowest BCUT2D eigenvalue weighted by Gasteiger charge is -2.64. The van der Waals surface area contributed by atoms with Crippen molar-refractivity contribution in [3.8, 4) is 0 Å². The van der Waals surface area contributed by atoms with Crippen LogP contribution in [-0.4, -0.2) is 55.6 Å². The molecule has 3 N–H and O–H groups in total. The zero-order chi connectivity index (χ0) is 30.7. The summed E-state index contributed by atoms with van der Waals surface area (Å²) >= 11 is 0. The molecular weight excluding hydrogens is 538 g/mol. The van der Waals surface area contributed by atoms with Crippen LogP contribution < -0.4 is 0 Å². The second kappa shape index (κ2) is 8.12. The van der Waals surface area contributed by atoms with E-state index in [0.717, 1.165) is 37.7 Å². The van der Waals surface area contributed by atoms with Crippen molar-refractivity contribution in [1.29, 1.82) is 0 Å². The average Bonchev–Trinajstić information content (AvgIpc) is 3.52. The summed E-state index contributed by atoms with van der Waals surface area (Å²) in [6.07, 6.45) is 7.72. The van der Waals surface area contributed by atoms with Gasteiger partial charge in [0.05, 0.1) is 28.5 Å². The summed E-state index contributed by atoms with van der Waals surface area (Å²) in [6, 6.07) is 4.83. The molecule has 0 spiro atoms. The van der Waals surface area contributed by atoms with Crippen molar-refractivity contribution in [2.45, 2.75) is 134 Å². The Bertz CT molecular complexity index is 1670. The third-order valence-electron chi connectivity index (χ3n) is 13.0. The Kier molecular flexibility index (Phi) is 5.33. The standard InChI is InChI=1S/C37H47NO5/c1-32(2)18-24-21-16-27-22(13-19(21)14-25(24)34(5,6)43-32)23-15-20-9-12-37(41)26-17-28(39)31(33(3,4)40)42-29(26)10-11-35(37,7)36(20,8)30(23)38-27/h13,16-18,20,25,29,31,38,40-41H,9-12,14-15H2,1-8H3/t20-,25-,29?,31-,35+,36+,37+/m0/s1. The fourth-order valence-corrected chi connectivity index (χ4v) is 10.9. The number of rotatable bonds is 1. The van der Waals surface area contributed by atoms with Gasteiger partial charge < -0.3 is 24.7 Å². The number of ketones is 1. The van der Waals surface area contributed by atoms with E-state index in [2.05, 4.69) is 64.7 Å². The summed E-state index contributed by atoms with van der Waals surface area (Å²) in [4.78, 5) is 17.2. The van der Waals surface area contributed by atoms with Crippen LogP contribution >= 0.6 is 0 Å². The number of H-pyrrole nitrogens is 1. The Morgan fingerprint density at radius 1 is 1.02 bits per heavy atom. The summed E-state index contributed by atoms with van der Waals surface area (Å²) in [5.41, 5.74) is 5.02. The first-order chi connectivity index (χ1) is 19.9. The van der Waals surface area contributed by atoms with Gasteiger partial charge in [0.2, 0.25) is 0 Å². The third kappa shape index (κ3) is 3.42. The fraction of sp³-hybridized carbons (Fsp3) is 0.649. The van der Waals surface area contributed by atoms with Crippen LogP contribution in [0.3, 0.4) is 0 Å². The molecule has 2 fully saturated rings. The Balaban J connectivity index is 1.23. The van der Waals surface area contributed by atoms with E-state index in [1.54, 1.807) is 19.9 Å². The molecule has 1 aromatic heterocycles. The van der Waals surface area contributed by atoms with E-state index in [1.807, 2.05) is 0 Å². The number of ether oxygens (including phenoxy) is 2. The summed E-state index contributed by atoms with van der Waals surface area (Å²) in [6.45, 7) is 16.6. The van der Waals surface area contributed by atoms with Crippen LogP contribution in [0.4, 0.5) is 0 Å². The van der Waals surface area contributed by atoms with Gasteiger partial charge in [-0.2, -0.15) is 0 Å². The lowest BCUT2D eigenvalue weighted by Crippen LogP contribution is -2.68. The van der Waals surface area contributed by atoms with E-state index >= 15 is 0 Å². The highest BCUT2D eigenvalue weighted by Crippen LogP contribution is 2.69. The number of hydrogen-bond donors (Lipinski definition) is 3. The van der Waals surface area contributed by atoms with Gasteiger partial charge in [-0.1, -0.05) is 13.8 Å². The molecule has 0 bridgehead atoms. The van der Waals surface area contributed by atoms with Crippen LogP contribution in [-0.2, 0) is 32.5 Å². The molecule has 1 unspecified atom stereocenters. The number of carbonyl (C=O) groups is 1. The Morgan fingerprint density at radius 3 is 2.49 bits per heavy atom. The van der Waals surface area contributed by atoms with Gasteiger partial charge in [-0.05, 0) is 138 Å². The number of hydrogen-bond acceptors (Lipinski definition) is 5. The first-order valence-corrected chi connectivity index (χ1v) is 16.4. The molecule has 43 heavy (non-hydrogen) atoms. The van der Waals surface area contributed by atoms with Gasteiger partial charge in [0, 0.05) is 33.3 Å². The highest BCUT2D eigenvalue weighted by atomic mass is 16.5. The maximum atomic E-state index is 13.2. The lowest BCUT2D eigenvalue weighted by molar-refractivity contribution is -0.195. The first-order valence-electron chi connectivity index (χ1n) is 16.4. The van der Waals surface area contributed by atoms with Crippen LogP contribution in [0.5, 0.6) is 0 Å². The number of benzene rings is 1. The molecule has 230 valence electrons. The zero-order valence-electron chi connectivity index (χ0n) is 27.0. The number of aromatic nitrogens is 1. The molecule has 6 aliphatic rings. The highest BCUT2D eigenvalue weighted by Gasteiger charge is 2.70. The van der Waals surface area contributed by atoms with Gasteiger partial charge in [-0.15, -0.1) is 0 Å². The number of aliphatic hydroxyl groups is 2. The lowest BCUT2D eigenvalue weighted by atomic mass is 9.42. The summed E-state index contributed by atoms with van der Waals surface area (Å²) < 4.78 is 12.8. The quantitative estimate of drug-likeness (QED) is 0.376. The highest BCUT2D eigenvalue weighted by molar-refractivity contribution is 5.96. The third-order valence-corrected chi connectivity index (χ3v) is 13.0. The summed E-state index contributed by atoms with van der Waals surface area (Å²) in [5, 5.41) is 24.7. The molecule has 1 aromatic carbocycles. The first kappa shape index (κ1) is 28.2. The Hall–Kier alpha value is -2.25. The van der Waals surface area contributed by atoms with Crippen LogP contribution in [0, 0.1) is 17.3 Å². The van der Waals surface area contributed by atoms with Gasteiger partial charge in [-0.25, -0.2) is 0 Å². The molecule has 4 aliphatic carbocycles. The largest absolute Gasteiger partial charge is 0.387 e. The van der Waals surface area contributed by atoms with Crippen molar-refractivity contribution in [2.24, 2.45) is 17.3 Å². The van der Waals surface area contributed by atoms with Gasteiger partial charge >= 0.3 is 0 Å². The molecule has 2 aliphatic heterocycles. The monoisotopic (exact) mass is 585 g/mol. The minimum atomic E-state index is -1.27. The van der Waals surface area contributed by atoms with Crippen LogP contribution in [0.1, 0.15) is 103 Å². The van der Waals surface area contributed by atoms with E-state index < -0.39 is 22.7 Å². The molecule has 3 heterocycles. The Morgan fingerprint density at radius 2 is 1.77 bits per heavy atom. The molecule has 2 saturated carbocycles. The predicted octanol–water partition coefficient (Wildman–Crippen LogP) is 6.10. The number of aromatic amines is 1. The predicted molar refractivity (Wildman–Crippen MR) is 167 cm³/mol. The van der Waals surface area contributed by atoms with Gasteiger partial charge in [0.15, 0.2) is 5.78 Å². The molecule has 2 aromatic rings. The maximum absolute atomic E-state index is 13.2. The zero-order valence-corrected chi connectivity index (χ0v) is 27.0. The van der Waals surface area contributed by atoms with E-state index in [4.69, 9.17) is 9.47 Å². The van der Waals surface area contributed by atoms with Crippen molar-refractivity contribution in [3.63, 3.8) is 0 Å². The SMILES string of the molecule is CC1(C)C=C2c3cc4[nH]c5c(c4cc3C[C@@H]2C(C)(C)O1)C[C@@H]1CC[C@@]2(O)C3=CC(=O)[C@@H](C(C)(C)O)OC3CC[C@]2(C)[C@@]51C. The molecule has 0 amide bonds.